The molecule has 3 rings (SSSR count). The van der Waals surface area contributed by atoms with Crippen LogP contribution in [0.25, 0.3) is 11.4 Å². The van der Waals surface area contributed by atoms with Gasteiger partial charge in [-0.3, -0.25) is 10.1 Å². The molecule has 21 heavy (non-hydrogen) atoms. The fourth-order valence-corrected chi connectivity index (χ4v) is 2.16. The lowest BCUT2D eigenvalue weighted by molar-refractivity contribution is -0.121. The van der Waals surface area contributed by atoms with Gasteiger partial charge in [-0.15, -0.1) is 0 Å². The molecule has 0 radical (unpaired) electrons. The molecule has 2 heterocycles. The summed E-state index contributed by atoms with van der Waals surface area (Å²) in [7, 11) is 0. The predicted octanol–water partition coefficient (Wildman–Crippen LogP) is 0.896. The molecule has 0 aliphatic carbocycles. The molecule has 2 N–H and O–H groups in total. The highest BCUT2D eigenvalue weighted by Gasteiger charge is 2.24. The van der Waals surface area contributed by atoms with Crippen molar-refractivity contribution in [1.82, 2.24) is 20.8 Å². The van der Waals surface area contributed by atoms with Gasteiger partial charge in [-0.25, -0.2) is 0 Å². The Bertz CT molecular complexity index is 631. The van der Waals surface area contributed by atoms with E-state index in [2.05, 4.69) is 20.8 Å². The zero-order valence-corrected chi connectivity index (χ0v) is 11.6. The van der Waals surface area contributed by atoms with Crippen molar-refractivity contribution in [3.63, 3.8) is 0 Å². The fraction of sp³-hybridized carbons (Fsp3) is 0.357. The highest BCUT2D eigenvalue weighted by atomic mass is 16.5. The highest BCUT2D eigenvalue weighted by Crippen LogP contribution is 2.28. The summed E-state index contributed by atoms with van der Waals surface area (Å²) < 4.78 is 10.9. The van der Waals surface area contributed by atoms with Gasteiger partial charge in [-0.2, -0.15) is 4.98 Å². The third-order valence-corrected chi connectivity index (χ3v) is 3.18. The van der Waals surface area contributed by atoms with Crippen LogP contribution in [0.15, 0.2) is 28.8 Å². The van der Waals surface area contributed by atoms with E-state index in [9.17, 15) is 4.79 Å². The number of ether oxygens (including phenoxy) is 1. The molecule has 0 spiro atoms. The molecule has 1 amide bonds. The lowest BCUT2D eigenvalue weighted by Gasteiger charge is -2.20. The molecule has 1 unspecified atom stereocenters. The number of piperazine rings is 1. The van der Waals surface area contributed by atoms with Crippen molar-refractivity contribution in [2.45, 2.75) is 13.0 Å². The second kappa shape index (κ2) is 5.92. The minimum atomic E-state index is -0.164. The monoisotopic (exact) mass is 288 g/mol. The summed E-state index contributed by atoms with van der Waals surface area (Å²) in [4.78, 5) is 15.5. The number of amides is 1. The Hall–Kier alpha value is -2.41. The van der Waals surface area contributed by atoms with Crippen LogP contribution in [0.5, 0.6) is 5.75 Å². The second-order valence-corrected chi connectivity index (χ2v) is 4.62. The number of benzene rings is 1. The van der Waals surface area contributed by atoms with Gasteiger partial charge in [0.15, 0.2) is 0 Å². The van der Waals surface area contributed by atoms with Crippen LogP contribution in [-0.4, -0.2) is 35.7 Å². The van der Waals surface area contributed by atoms with Gasteiger partial charge in [0.2, 0.25) is 17.6 Å². The Morgan fingerprint density at radius 1 is 1.43 bits per heavy atom. The highest BCUT2D eigenvalue weighted by molar-refractivity contribution is 5.78. The minimum absolute atomic E-state index is 0.0346. The quantitative estimate of drug-likeness (QED) is 0.868. The molecule has 110 valence electrons. The first-order chi connectivity index (χ1) is 10.3. The fourth-order valence-electron chi connectivity index (χ4n) is 2.16. The van der Waals surface area contributed by atoms with Gasteiger partial charge in [0.25, 0.3) is 0 Å². The van der Waals surface area contributed by atoms with E-state index in [-0.39, 0.29) is 18.5 Å². The van der Waals surface area contributed by atoms with E-state index in [1.54, 1.807) is 0 Å². The molecule has 2 aromatic rings. The lowest BCUT2D eigenvalue weighted by Crippen LogP contribution is -2.47. The molecule has 1 aromatic carbocycles. The van der Waals surface area contributed by atoms with Crippen LogP contribution in [0.4, 0.5) is 0 Å². The number of hydrogen-bond donors (Lipinski definition) is 2. The van der Waals surface area contributed by atoms with E-state index in [1.165, 1.54) is 0 Å². The largest absolute Gasteiger partial charge is 0.493 e. The normalized spacial score (nSPS) is 18.3. The number of hydrogen-bond acceptors (Lipinski definition) is 6. The van der Waals surface area contributed by atoms with Crippen molar-refractivity contribution in [3.05, 3.63) is 30.2 Å². The third kappa shape index (κ3) is 2.87. The van der Waals surface area contributed by atoms with E-state index in [0.29, 0.717) is 24.9 Å². The number of carbonyl (C=O) groups is 1. The zero-order valence-electron chi connectivity index (χ0n) is 11.6. The first kappa shape index (κ1) is 13.6. The maximum atomic E-state index is 11.1. The van der Waals surface area contributed by atoms with Crippen LogP contribution < -0.4 is 15.4 Å². The van der Waals surface area contributed by atoms with Crippen molar-refractivity contribution >= 4 is 5.91 Å². The molecule has 0 bridgehead atoms. The molecular weight excluding hydrogens is 272 g/mol. The summed E-state index contributed by atoms with van der Waals surface area (Å²) in [5, 5.41) is 9.81. The summed E-state index contributed by atoms with van der Waals surface area (Å²) in [5.41, 5.74) is 0.786. The Morgan fingerprint density at radius 3 is 3.05 bits per heavy atom. The standard InChI is InChI=1S/C14H16N4O3/c1-2-20-11-6-4-3-5-9(11)13-17-14(21-18-13)10-7-16-12(19)8-15-10/h3-6,10,15H,2,7-8H2,1H3,(H,16,19). The van der Waals surface area contributed by atoms with Crippen LogP contribution in [0.2, 0.25) is 0 Å². The second-order valence-electron chi connectivity index (χ2n) is 4.62. The van der Waals surface area contributed by atoms with Gasteiger partial charge in [0, 0.05) is 6.54 Å². The van der Waals surface area contributed by atoms with Crippen LogP contribution in [0.1, 0.15) is 18.9 Å². The zero-order chi connectivity index (χ0) is 14.7. The number of nitrogens with zero attached hydrogens (tertiary/aromatic N) is 2. The summed E-state index contributed by atoms with van der Waals surface area (Å²) in [6, 6.07) is 7.38. The minimum Gasteiger partial charge on any atom is -0.493 e. The Balaban J connectivity index is 1.83. The first-order valence-corrected chi connectivity index (χ1v) is 6.84. The van der Waals surface area contributed by atoms with Gasteiger partial charge in [0.1, 0.15) is 11.8 Å². The molecule has 7 nitrogen and oxygen atoms in total. The maximum Gasteiger partial charge on any atom is 0.245 e. The van der Waals surface area contributed by atoms with Crippen molar-refractivity contribution in [1.29, 1.82) is 0 Å². The number of para-hydroxylation sites is 1. The van der Waals surface area contributed by atoms with Gasteiger partial charge in [-0.05, 0) is 19.1 Å². The lowest BCUT2D eigenvalue weighted by atomic mass is 10.2. The molecular formula is C14H16N4O3. The average Bonchev–Trinajstić information content (AvgIpc) is 2.99. The summed E-state index contributed by atoms with van der Waals surface area (Å²) in [6.45, 7) is 3.18. The van der Waals surface area contributed by atoms with Crippen LogP contribution in [-0.2, 0) is 4.79 Å². The Morgan fingerprint density at radius 2 is 2.29 bits per heavy atom. The maximum absolute atomic E-state index is 11.1. The van der Waals surface area contributed by atoms with E-state index >= 15 is 0 Å². The van der Waals surface area contributed by atoms with Gasteiger partial charge < -0.3 is 14.6 Å². The SMILES string of the molecule is CCOc1ccccc1-c1noc(C2CNC(=O)CN2)n1. The number of aromatic nitrogens is 2. The molecule has 1 saturated heterocycles. The smallest absolute Gasteiger partial charge is 0.245 e. The van der Waals surface area contributed by atoms with Crippen molar-refractivity contribution < 1.29 is 14.1 Å². The summed E-state index contributed by atoms with van der Waals surface area (Å²) in [6.07, 6.45) is 0. The van der Waals surface area contributed by atoms with E-state index in [0.717, 1.165) is 11.3 Å². The molecule has 7 heteroatoms. The van der Waals surface area contributed by atoms with Crippen LogP contribution in [0.3, 0.4) is 0 Å². The van der Waals surface area contributed by atoms with Gasteiger partial charge in [-0.1, -0.05) is 17.3 Å². The third-order valence-electron chi connectivity index (χ3n) is 3.18. The van der Waals surface area contributed by atoms with Gasteiger partial charge in [0.05, 0.1) is 18.7 Å². The van der Waals surface area contributed by atoms with E-state index in [4.69, 9.17) is 9.26 Å². The molecule has 1 aliphatic heterocycles. The Labute approximate surface area is 121 Å². The Kier molecular flexibility index (Phi) is 3.83. The molecule has 1 aliphatic rings. The first-order valence-electron chi connectivity index (χ1n) is 6.84. The summed E-state index contributed by atoms with van der Waals surface area (Å²) >= 11 is 0. The number of carbonyl (C=O) groups excluding carboxylic acids is 1. The molecule has 1 atom stereocenters. The van der Waals surface area contributed by atoms with Crippen LogP contribution in [0, 0.1) is 0 Å². The summed E-state index contributed by atoms with van der Waals surface area (Å²) in [5.74, 6) is 1.62. The molecule has 1 aromatic heterocycles. The van der Waals surface area contributed by atoms with Gasteiger partial charge >= 0.3 is 0 Å². The van der Waals surface area contributed by atoms with Crippen molar-refractivity contribution in [3.8, 4) is 17.1 Å². The topological polar surface area (TPSA) is 89.3 Å². The predicted molar refractivity (Wildman–Crippen MR) is 74.7 cm³/mol. The van der Waals surface area contributed by atoms with E-state index < -0.39 is 0 Å². The van der Waals surface area contributed by atoms with Crippen molar-refractivity contribution in [2.24, 2.45) is 0 Å². The number of nitrogens with one attached hydrogen (secondary N) is 2. The number of rotatable bonds is 4. The molecule has 0 saturated carbocycles. The molecule has 1 fully saturated rings. The van der Waals surface area contributed by atoms with Crippen LogP contribution >= 0.6 is 0 Å². The average molecular weight is 288 g/mol. The van der Waals surface area contributed by atoms with E-state index in [1.807, 2.05) is 31.2 Å². The van der Waals surface area contributed by atoms with Crippen molar-refractivity contribution in [2.75, 3.05) is 19.7 Å².